The third-order valence-electron chi connectivity index (χ3n) is 1.79. The lowest BCUT2D eigenvalue weighted by Gasteiger charge is -2.23. The molecule has 10 heavy (non-hydrogen) atoms. The molecule has 0 aliphatic rings. The molecule has 0 heterocycles. The molecule has 62 valence electrons. The summed E-state index contributed by atoms with van der Waals surface area (Å²) in [7, 11) is 2.16. The summed E-state index contributed by atoms with van der Waals surface area (Å²) in [5, 5.41) is 0. The summed E-state index contributed by atoms with van der Waals surface area (Å²) in [5.74, 6) is 1.69. The number of thiol groups is 1. The van der Waals surface area contributed by atoms with Gasteiger partial charge in [0.15, 0.2) is 0 Å². The minimum absolute atomic E-state index is 0.655. The van der Waals surface area contributed by atoms with Crippen molar-refractivity contribution in [3.8, 4) is 0 Å². The van der Waals surface area contributed by atoms with Gasteiger partial charge in [-0.05, 0) is 32.6 Å². The van der Waals surface area contributed by atoms with Crippen LogP contribution in [0.1, 0.15) is 20.8 Å². The van der Waals surface area contributed by atoms with Crippen LogP contribution in [0.5, 0.6) is 0 Å². The highest BCUT2D eigenvalue weighted by molar-refractivity contribution is 7.80. The number of nitrogens with zero attached hydrogens (tertiary/aromatic N) is 1. The SMILES string of the molecule is CC(CS)CN(C)C(C)C. The second-order valence-electron chi connectivity index (χ2n) is 3.32. The van der Waals surface area contributed by atoms with E-state index < -0.39 is 0 Å². The average Bonchev–Trinajstić information content (AvgIpc) is 1.87. The lowest BCUT2D eigenvalue weighted by Crippen LogP contribution is -2.31. The lowest BCUT2D eigenvalue weighted by atomic mass is 10.2. The first-order valence-corrected chi connectivity index (χ1v) is 4.52. The van der Waals surface area contributed by atoms with Gasteiger partial charge in [0.25, 0.3) is 0 Å². The molecule has 1 unspecified atom stereocenters. The van der Waals surface area contributed by atoms with Crippen LogP contribution in [0.2, 0.25) is 0 Å². The molecule has 0 N–H and O–H groups in total. The van der Waals surface area contributed by atoms with Crippen molar-refractivity contribution in [1.82, 2.24) is 4.90 Å². The van der Waals surface area contributed by atoms with Crippen molar-refractivity contribution in [3.63, 3.8) is 0 Å². The minimum Gasteiger partial charge on any atom is -0.304 e. The average molecular weight is 161 g/mol. The number of hydrogen-bond donors (Lipinski definition) is 1. The second kappa shape index (κ2) is 5.03. The number of rotatable bonds is 4. The van der Waals surface area contributed by atoms with E-state index in [1.165, 1.54) is 0 Å². The van der Waals surface area contributed by atoms with E-state index in [1.807, 2.05) is 0 Å². The van der Waals surface area contributed by atoms with Crippen LogP contribution in [0.4, 0.5) is 0 Å². The maximum atomic E-state index is 4.23. The highest BCUT2D eigenvalue weighted by Gasteiger charge is 2.06. The Bertz CT molecular complexity index is 83.3. The van der Waals surface area contributed by atoms with Crippen molar-refractivity contribution in [2.45, 2.75) is 26.8 Å². The molecule has 0 saturated carbocycles. The van der Waals surface area contributed by atoms with E-state index in [-0.39, 0.29) is 0 Å². The maximum Gasteiger partial charge on any atom is 0.00356 e. The van der Waals surface area contributed by atoms with Crippen LogP contribution >= 0.6 is 12.6 Å². The van der Waals surface area contributed by atoms with Gasteiger partial charge in [-0.3, -0.25) is 0 Å². The van der Waals surface area contributed by atoms with Crippen LogP contribution in [0.25, 0.3) is 0 Å². The largest absolute Gasteiger partial charge is 0.304 e. The smallest absolute Gasteiger partial charge is 0.00356 e. The van der Waals surface area contributed by atoms with Gasteiger partial charge in [-0.25, -0.2) is 0 Å². The minimum atomic E-state index is 0.655. The molecular formula is C8H19NS. The lowest BCUT2D eigenvalue weighted by molar-refractivity contribution is 0.246. The molecule has 0 saturated heterocycles. The van der Waals surface area contributed by atoms with Gasteiger partial charge in [-0.2, -0.15) is 12.6 Å². The molecular weight excluding hydrogens is 142 g/mol. The Balaban J connectivity index is 3.46. The molecule has 1 nitrogen and oxygen atoms in total. The molecule has 0 aromatic rings. The van der Waals surface area contributed by atoms with Gasteiger partial charge in [0.1, 0.15) is 0 Å². The van der Waals surface area contributed by atoms with E-state index >= 15 is 0 Å². The van der Waals surface area contributed by atoms with Crippen molar-refractivity contribution in [2.24, 2.45) is 5.92 Å². The van der Waals surface area contributed by atoms with E-state index in [4.69, 9.17) is 0 Å². The molecule has 0 amide bonds. The maximum absolute atomic E-state index is 4.23. The van der Waals surface area contributed by atoms with E-state index in [1.54, 1.807) is 0 Å². The van der Waals surface area contributed by atoms with Crippen LogP contribution in [0.3, 0.4) is 0 Å². The molecule has 0 rings (SSSR count). The molecule has 0 spiro atoms. The summed E-state index contributed by atoms with van der Waals surface area (Å²) in [6.45, 7) is 7.81. The fraction of sp³-hybridized carbons (Fsp3) is 1.00. The molecule has 0 aliphatic carbocycles. The van der Waals surface area contributed by atoms with Crippen LogP contribution in [-0.4, -0.2) is 30.3 Å². The van der Waals surface area contributed by atoms with Gasteiger partial charge < -0.3 is 4.90 Å². The molecule has 1 atom stereocenters. The fourth-order valence-electron chi connectivity index (χ4n) is 0.760. The standard InChI is InChI=1S/C8H19NS/c1-7(2)9(4)5-8(3)6-10/h7-8,10H,5-6H2,1-4H3. The predicted molar refractivity (Wildman–Crippen MR) is 50.8 cm³/mol. The molecule has 0 bridgehead atoms. The van der Waals surface area contributed by atoms with Crippen molar-refractivity contribution in [3.05, 3.63) is 0 Å². The quantitative estimate of drug-likeness (QED) is 0.616. The monoisotopic (exact) mass is 161 g/mol. The third kappa shape index (κ3) is 4.18. The molecule has 0 fully saturated rings. The van der Waals surface area contributed by atoms with Crippen molar-refractivity contribution < 1.29 is 0 Å². The number of hydrogen-bond acceptors (Lipinski definition) is 2. The predicted octanol–water partition coefficient (Wildman–Crippen LogP) is 1.89. The zero-order chi connectivity index (χ0) is 8.15. The third-order valence-corrected chi connectivity index (χ3v) is 2.42. The van der Waals surface area contributed by atoms with Crippen LogP contribution in [-0.2, 0) is 0 Å². The van der Waals surface area contributed by atoms with Crippen LogP contribution in [0.15, 0.2) is 0 Å². The van der Waals surface area contributed by atoms with Crippen molar-refractivity contribution in [1.29, 1.82) is 0 Å². The second-order valence-corrected chi connectivity index (χ2v) is 3.69. The van der Waals surface area contributed by atoms with Gasteiger partial charge >= 0.3 is 0 Å². The van der Waals surface area contributed by atoms with E-state index in [0.29, 0.717) is 12.0 Å². The van der Waals surface area contributed by atoms with Gasteiger partial charge in [-0.15, -0.1) is 0 Å². The molecule has 0 aromatic heterocycles. The molecule has 0 radical (unpaired) electrons. The highest BCUT2D eigenvalue weighted by atomic mass is 32.1. The van der Waals surface area contributed by atoms with Gasteiger partial charge in [-0.1, -0.05) is 6.92 Å². The Morgan fingerprint density at radius 3 is 2.10 bits per heavy atom. The first-order valence-electron chi connectivity index (χ1n) is 3.89. The Hall–Kier alpha value is 0.310. The highest BCUT2D eigenvalue weighted by Crippen LogP contribution is 2.02. The van der Waals surface area contributed by atoms with Crippen LogP contribution in [0, 0.1) is 5.92 Å². The first kappa shape index (κ1) is 10.3. The van der Waals surface area contributed by atoms with E-state index in [9.17, 15) is 0 Å². The Morgan fingerprint density at radius 1 is 1.30 bits per heavy atom. The van der Waals surface area contributed by atoms with Gasteiger partial charge in [0, 0.05) is 12.6 Å². The summed E-state index contributed by atoms with van der Waals surface area (Å²) in [6, 6.07) is 0.655. The zero-order valence-electron chi connectivity index (χ0n) is 7.46. The molecule has 2 heteroatoms. The topological polar surface area (TPSA) is 3.24 Å². The summed E-state index contributed by atoms with van der Waals surface area (Å²) in [6.07, 6.45) is 0. The van der Waals surface area contributed by atoms with Crippen LogP contribution < -0.4 is 0 Å². The van der Waals surface area contributed by atoms with Gasteiger partial charge in [0.05, 0.1) is 0 Å². The zero-order valence-corrected chi connectivity index (χ0v) is 8.36. The summed E-state index contributed by atoms with van der Waals surface area (Å²) >= 11 is 4.23. The van der Waals surface area contributed by atoms with E-state index in [0.717, 1.165) is 12.3 Å². The summed E-state index contributed by atoms with van der Waals surface area (Å²) in [5.41, 5.74) is 0. The normalized spacial score (nSPS) is 14.7. The summed E-state index contributed by atoms with van der Waals surface area (Å²) in [4.78, 5) is 2.35. The fourth-order valence-corrected chi connectivity index (χ4v) is 0.876. The van der Waals surface area contributed by atoms with E-state index in [2.05, 4.69) is 45.3 Å². The Labute approximate surface area is 70.2 Å². The summed E-state index contributed by atoms with van der Waals surface area (Å²) < 4.78 is 0. The van der Waals surface area contributed by atoms with Crippen molar-refractivity contribution >= 4 is 12.6 Å². The van der Waals surface area contributed by atoms with Crippen molar-refractivity contribution in [2.75, 3.05) is 19.3 Å². The van der Waals surface area contributed by atoms with Gasteiger partial charge in [0.2, 0.25) is 0 Å². The first-order chi connectivity index (χ1) is 4.57. The Kier molecular flexibility index (Phi) is 5.18. The Morgan fingerprint density at radius 2 is 1.80 bits per heavy atom. The molecule has 0 aromatic carbocycles. The molecule has 0 aliphatic heterocycles.